The standard InChI is InChI=1S/C8H13N3.C2H6/c1-6-7(2)10-11-8(6)4-3-5-9-11;1-2/h9H,3-5H2,1-2H3;1-2H3. The molecule has 1 aliphatic rings. The number of hydrogen-bond donors (Lipinski definition) is 1. The summed E-state index contributed by atoms with van der Waals surface area (Å²) in [6.45, 7) is 9.25. The molecular formula is C10H19N3. The molecule has 74 valence electrons. The third kappa shape index (κ3) is 1.85. The van der Waals surface area contributed by atoms with Crippen molar-refractivity contribution in [3.8, 4) is 0 Å². The predicted molar refractivity (Wildman–Crippen MR) is 55.6 cm³/mol. The molecule has 0 aliphatic carbocycles. The number of rotatable bonds is 0. The Morgan fingerprint density at radius 2 is 2.00 bits per heavy atom. The van der Waals surface area contributed by atoms with Gasteiger partial charge in [0.2, 0.25) is 0 Å². The van der Waals surface area contributed by atoms with E-state index in [4.69, 9.17) is 0 Å². The summed E-state index contributed by atoms with van der Waals surface area (Å²) in [5, 5.41) is 4.36. The fraction of sp³-hybridized carbons (Fsp3) is 0.700. The molecule has 0 unspecified atom stereocenters. The van der Waals surface area contributed by atoms with Gasteiger partial charge in [-0.05, 0) is 32.3 Å². The van der Waals surface area contributed by atoms with Gasteiger partial charge >= 0.3 is 0 Å². The fourth-order valence-corrected chi connectivity index (χ4v) is 1.52. The van der Waals surface area contributed by atoms with Crippen LogP contribution in [0.25, 0.3) is 0 Å². The SMILES string of the molecule is CC.Cc1nn2c(c1C)CCCN2. The van der Waals surface area contributed by atoms with Gasteiger partial charge in [-0.25, -0.2) is 0 Å². The lowest BCUT2D eigenvalue weighted by Gasteiger charge is -2.15. The molecule has 0 spiro atoms. The Morgan fingerprint density at radius 1 is 1.31 bits per heavy atom. The first-order valence-electron chi connectivity index (χ1n) is 5.08. The molecule has 1 aliphatic heterocycles. The Kier molecular flexibility index (Phi) is 3.34. The quantitative estimate of drug-likeness (QED) is 0.663. The summed E-state index contributed by atoms with van der Waals surface area (Å²) in [4.78, 5) is 1.92. The lowest BCUT2D eigenvalue weighted by Crippen LogP contribution is -2.25. The highest BCUT2D eigenvalue weighted by molar-refractivity contribution is 5.25. The zero-order valence-electron chi connectivity index (χ0n) is 9.02. The van der Waals surface area contributed by atoms with E-state index in [-0.39, 0.29) is 0 Å². The maximum absolute atomic E-state index is 4.36. The Balaban J connectivity index is 0.000000396. The molecule has 2 heterocycles. The molecular weight excluding hydrogens is 162 g/mol. The van der Waals surface area contributed by atoms with Gasteiger partial charge in [0, 0.05) is 6.54 Å². The molecule has 0 fully saturated rings. The van der Waals surface area contributed by atoms with E-state index in [1.54, 1.807) is 0 Å². The monoisotopic (exact) mass is 181 g/mol. The molecule has 1 N–H and O–H groups in total. The van der Waals surface area contributed by atoms with E-state index in [0.717, 1.165) is 12.2 Å². The molecule has 1 aromatic heterocycles. The lowest BCUT2D eigenvalue weighted by molar-refractivity contribution is 0.604. The molecule has 3 nitrogen and oxygen atoms in total. The van der Waals surface area contributed by atoms with Crippen LogP contribution in [0, 0.1) is 13.8 Å². The fourth-order valence-electron chi connectivity index (χ4n) is 1.52. The minimum absolute atomic E-state index is 1.05. The van der Waals surface area contributed by atoms with Crippen LogP contribution in [-0.4, -0.2) is 16.4 Å². The van der Waals surface area contributed by atoms with Gasteiger partial charge in [0.25, 0.3) is 0 Å². The average molecular weight is 181 g/mol. The third-order valence-corrected chi connectivity index (χ3v) is 2.33. The molecule has 0 bridgehead atoms. The minimum atomic E-state index is 1.05. The Labute approximate surface area is 80.1 Å². The highest BCUT2D eigenvalue weighted by atomic mass is 15.6. The minimum Gasteiger partial charge on any atom is -0.310 e. The van der Waals surface area contributed by atoms with Crippen LogP contribution in [-0.2, 0) is 6.42 Å². The van der Waals surface area contributed by atoms with Crippen LogP contribution < -0.4 is 5.43 Å². The number of nitrogens with zero attached hydrogens (tertiary/aromatic N) is 2. The van der Waals surface area contributed by atoms with Crippen LogP contribution in [0.2, 0.25) is 0 Å². The summed E-state index contributed by atoms with van der Waals surface area (Å²) < 4.78 is 0. The number of aryl methyl sites for hydroxylation is 1. The lowest BCUT2D eigenvalue weighted by atomic mass is 10.1. The summed E-state index contributed by atoms with van der Waals surface area (Å²) in [5.74, 6) is 0. The maximum atomic E-state index is 4.36. The van der Waals surface area contributed by atoms with E-state index in [1.807, 2.05) is 18.6 Å². The van der Waals surface area contributed by atoms with E-state index in [2.05, 4.69) is 24.4 Å². The van der Waals surface area contributed by atoms with Crippen molar-refractivity contribution in [2.75, 3.05) is 12.0 Å². The van der Waals surface area contributed by atoms with Crippen molar-refractivity contribution in [2.45, 2.75) is 40.5 Å². The molecule has 2 rings (SSSR count). The Bertz CT molecular complexity index is 276. The zero-order valence-corrected chi connectivity index (χ0v) is 9.02. The van der Waals surface area contributed by atoms with Crippen molar-refractivity contribution in [1.29, 1.82) is 0 Å². The molecule has 0 aromatic carbocycles. The number of fused-ring (bicyclic) bond motifs is 1. The normalized spacial score (nSPS) is 13.8. The molecule has 0 atom stereocenters. The largest absolute Gasteiger partial charge is 0.310 e. The van der Waals surface area contributed by atoms with E-state index in [1.165, 1.54) is 24.1 Å². The van der Waals surface area contributed by atoms with Gasteiger partial charge in [-0.1, -0.05) is 13.8 Å². The molecule has 0 saturated carbocycles. The molecule has 0 radical (unpaired) electrons. The number of aromatic nitrogens is 2. The molecule has 0 saturated heterocycles. The Morgan fingerprint density at radius 3 is 2.62 bits per heavy atom. The van der Waals surface area contributed by atoms with Crippen LogP contribution in [0.3, 0.4) is 0 Å². The molecule has 3 heteroatoms. The zero-order chi connectivity index (χ0) is 9.84. The van der Waals surface area contributed by atoms with Crippen molar-refractivity contribution < 1.29 is 0 Å². The summed E-state index contributed by atoms with van der Waals surface area (Å²) >= 11 is 0. The second kappa shape index (κ2) is 4.30. The first-order chi connectivity index (χ1) is 6.29. The van der Waals surface area contributed by atoms with E-state index in [0.29, 0.717) is 0 Å². The third-order valence-electron chi connectivity index (χ3n) is 2.33. The van der Waals surface area contributed by atoms with Crippen molar-refractivity contribution in [1.82, 2.24) is 9.89 Å². The predicted octanol–water partition coefficient (Wildman–Crippen LogP) is 2.02. The van der Waals surface area contributed by atoms with Gasteiger partial charge in [0.05, 0.1) is 11.4 Å². The Hall–Kier alpha value is -0.990. The van der Waals surface area contributed by atoms with Gasteiger partial charge < -0.3 is 5.43 Å². The van der Waals surface area contributed by atoms with Crippen LogP contribution in [0.5, 0.6) is 0 Å². The van der Waals surface area contributed by atoms with E-state index in [9.17, 15) is 0 Å². The number of nitrogens with one attached hydrogen (secondary N) is 1. The van der Waals surface area contributed by atoms with Crippen LogP contribution in [0.1, 0.15) is 37.2 Å². The van der Waals surface area contributed by atoms with Crippen molar-refractivity contribution in [3.63, 3.8) is 0 Å². The average Bonchev–Trinajstić information content (AvgIpc) is 2.47. The highest BCUT2D eigenvalue weighted by Crippen LogP contribution is 2.15. The van der Waals surface area contributed by atoms with Crippen LogP contribution in [0.15, 0.2) is 0 Å². The highest BCUT2D eigenvalue weighted by Gasteiger charge is 2.13. The first kappa shape index (κ1) is 10.1. The summed E-state index contributed by atoms with van der Waals surface area (Å²) in [7, 11) is 0. The molecule has 0 amide bonds. The van der Waals surface area contributed by atoms with Crippen LogP contribution >= 0.6 is 0 Å². The maximum Gasteiger partial charge on any atom is 0.0652 e. The van der Waals surface area contributed by atoms with Crippen LogP contribution in [0.4, 0.5) is 0 Å². The van der Waals surface area contributed by atoms with Crippen molar-refractivity contribution in [2.24, 2.45) is 0 Å². The smallest absolute Gasteiger partial charge is 0.0652 e. The second-order valence-electron chi connectivity index (χ2n) is 3.08. The van der Waals surface area contributed by atoms with Crippen molar-refractivity contribution in [3.05, 3.63) is 17.0 Å². The van der Waals surface area contributed by atoms with Gasteiger partial charge in [-0.15, -0.1) is 0 Å². The van der Waals surface area contributed by atoms with Gasteiger partial charge in [0.15, 0.2) is 0 Å². The van der Waals surface area contributed by atoms with Gasteiger partial charge in [-0.2, -0.15) is 9.89 Å². The molecule has 13 heavy (non-hydrogen) atoms. The summed E-state index contributed by atoms with van der Waals surface area (Å²) in [5.41, 5.74) is 7.08. The van der Waals surface area contributed by atoms with Crippen molar-refractivity contribution >= 4 is 0 Å². The van der Waals surface area contributed by atoms with E-state index >= 15 is 0 Å². The summed E-state index contributed by atoms with van der Waals surface area (Å²) in [6, 6.07) is 0. The second-order valence-corrected chi connectivity index (χ2v) is 3.08. The van der Waals surface area contributed by atoms with E-state index < -0.39 is 0 Å². The topological polar surface area (TPSA) is 29.9 Å². The summed E-state index contributed by atoms with van der Waals surface area (Å²) in [6.07, 6.45) is 2.39. The van der Waals surface area contributed by atoms with Gasteiger partial charge in [-0.3, -0.25) is 0 Å². The first-order valence-corrected chi connectivity index (χ1v) is 5.08. The van der Waals surface area contributed by atoms with Gasteiger partial charge in [0.1, 0.15) is 0 Å². The number of hydrogen-bond acceptors (Lipinski definition) is 2. The molecule has 1 aromatic rings.